The number of anilines is 1. The zero-order chi connectivity index (χ0) is 27.3. The molecule has 15 heteroatoms. The molecule has 0 spiro atoms. The summed E-state index contributed by atoms with van der Waals surface area (Å²) in [5, 5.41) is 34.5. The van der Waals surface area contributed by atoms with Crippen molar-refractivity contribution in [1.82, 2.24) is 20.9 Å². The Morgan fingerprint density at radius 2 is 1.94 bits per heavy atom. The lowest BCUT2D eigenvalue weighted by molar-refractivity contribution is -0.161. The fraction of sp³-hybridized carbons (Fsp3) is 0.619. The number of rotatable bonds is 11. The number of carboxylic acids is 1. The maximum Gasteiger partial charge on any atom is 0.413 e. The minimum absolute atomic E-state index is 0.0201. The number of thiazole rings is 1. The number of oxime groups is 1. The van der Waals surface area contributed by atoms with Crippen molar-refractivity contribution < 1.29 is 39.0 Å². The number of aliphatic hydroxyl groups is 1. The van der Waals surface area contributed by atoms with E-state index in [1.54, 1.807) is 27.7 Å². The van der Waals surface area contributed by atoms with Gasteiger partial charge in [0, 0.05) is 18.5 Å². The molecule has 0 saturated carbocycles. The highest BCUT2D eigenvalue weighted by atomic mass is 32.1. The monoisotopic (exact) mass is 528 g/mol. The number of ether oxygens (including phenoxy) is 1. The van der Waals surface area contributed by atoms with Gasteiger partial charge in [-0.1, -0.05) is 5.16 Å². The Labute approximate surface area is 211 Å². The molecule has 3 amide bonds. The van der Waals surface area contributed by atoms with Crippen molar-refractivity contribution in [2.45, 2.75) is 70.9 Å². The molecule has 1 aromatic heterocycles. The van der Waals surface area contributed by atoms with Crippen LogP contribution in [0.2, 0.25) is 0 Å². The van der Waals surface area contributed by atoms with Gasteiger partial charge in [0.15, 0.2) is 10.8 Å². The van der Waals surface area contributed by atoms with Crippen LogP contribution >= 0.6 is 11.3 Å². The smallest absolute Gasteiger partial charge is 0.413 e. The fourth-order valence-electron chi connectivity index (χ4n) is 2.67. The number of aliphatic hydroxyl groups excluding tert-OH is 1. The minimum Gasteiger partial charge on any atom is -0.478 e. The van der Waals surface area contributed by atoms with Gasteiger partial charge >= 0.3 is 12.1 Å². The Balaban J connectivity index is 2.21. The Morgan fingerprint density at radius 3 is 2.50 bits per heavy atom. The molecule has 0 aromatic carbocycles. The molecule has 36 heavy (non-hydrogen) atoms. The summed E-state index contributed by atoms with van der Waals surface area (Å²) in [6, 6.07) is -1.35. The largest absolute Gasteiger partial charge is 0.478 e. The van der Waals surface area contributed by atoms with E-state index >= 15 is 0 Å². The maximum absolute atomic E-state index is 13.1. The van der Waals surface area contributed by atoms with E-state index in [0.29, 0.717) is 6.54 Å². The second-order valence-corrected chi connectivity index (χ2v) is 10.4. The van der Waals surface area contributed by atoms with Crippen molar-refractivity contribution >= 4 is 46.1 Å². The standard InChI is InChI=1S/C21H32N6O8S/c1-10(28)7-22-8-11-13(15(29)23-11)25-16(30)14(27-35-21(5,6)17(31)32)12-9-36-18(24-12)26-19(33)34-20(2,3)4/h9-11,13,22,28H,7-8H2,1-6H3,(H,23,29)(H,25,30)(H,31,32)(H,24,26,33)/t10?,11-,13+/m1/s1. The van der Waals surface area contributed by atoms with E-state index in [4.69, 9.17) is 9.57 Å². The number of carbonyl (C=O) groups excluding carboxylic acids is 3. The number of nitrogens with zero attached hydrogens (tertiary/aromatic N) is 2. The molecule has 0 aliphatic carbocycles. The highest BCUT2D eigenvalue weighted by Gasteiger charge is 2.41. The van der Waals surface area contributed by atoms with Gasteiger partial charge in [0.05, 0.1) is 12.1 Å². The van der Waals surface area contributed by atoms with Crippen molar-refractivity contribution in [3.05, 3.63) is 11.1 Å². The number of hydrogen-bond donors (Lipinski definition) is 6. The van der Waals surface area contributed by atoms with Crippen molar-refractivity contribution in [3.8, 4) is 0 Å². The van der Waals surface area contributed by atoms with Gasteiger partial charge in [0.1, 0.15) is 17.3 Å². The third kappa shape index (κ3) is 8.42. The predicted octanol–water partition coefficient (Wildman–Crippen LogP) is 0.0276. The zero-order valence-corrected chi connectivity index (χ0v) is 21.7. The minimum atomic E-state index is -1.76. The topological polar surface area (TPSA) is 201 Å². The van der Waals surface area contributed by atoms with Crippen LogP contribution in [0.15, 0.2) is 10.5 Å². The van der Waals surface area contributed by atoms with Crippen LogP contribution in [0.25, 0.3) is 0 Å². The summed E-state index contributed by atoms with van der Waals surface area (Å²) >= 11 is 0.974. The quantitative estimate of drug-likeness (QED) is 0.129. The molecular weight excluding hydrogens is 496 g/mol. The van der Waals surface area contributed by atoms with E-state index in [-0.39, 0.29) is 17.4 Å². The molecule has 1 aliphatic heterocycles. The van der Waals surface area contributed by atoms with E-state index < -0.39 is 59.0 Å². The van der Waals surface area contributed by atoms with E-state index in [1.165, 1.54) is 19.2 Å². The number of β-lactam (4-membered cyclic amide) rings is 1. The lowest BCUT2D eigenvalue weighted by Crippen LogP contribution is -2.72. The Hall–Kier alpha value is -3.30. The van der Waals surface area contributed by atoms with Gasteiger partial charge in [-0.25, -0.2) is 14.6 Å². The van der Waals surface area contributed by atoms with Gasteiger partial charge in [-0.05, 0) is 41.5 Å². The van der Waals surface area contributed by atoms with Crippen molar-refractivity contribution in [3.63, 3.8) is 0 Å². The maximum atomic E-state index is 13.1. The molecule has 200 valence electrons. The molecule has 1 fully saturated rings. The average molecular weight is 529 g/mol. The first-order valence-electron chi connectivity index (χ1n) is 11.0. The summed E-state index contributed by atoms with van der Waals surface area (Å²) in [5.74, 6) is -2.59. The van der Waals surface area contributed by atoms with Gasteiger partial charge in [-0.15, -0.1) is 11.3 Å². The van der Waals surface area contributed by atoms with Crippen LogP contribution < -0.4 is 21.3 Å². The van der Waals surface area contributed by atoms with Crippen LogP contribution in [0.3, 0.4) is 0 Å². The number of carbonyl (C=O) groups is 4. The fourth-order valence-corrected chi connectivity index (χ4v) is 3.35. The first-order valence-corrected chi connectivity index (χ1v) is 11.9. The van der Waals surface area contributed by atoms with Crippen molar-refractivity contribution in [1.29, 1.82) is 0 Å². The number of amides is 3. The van der Waals surface area contributed by atoms with Crippen LogP contribution in [0.5, 0.6) is 0 Å². The molecule has 3 atom stereocenters. The number of carboxylic acid groups (broad SMARTS) is 1. The molecule has 2 heterocycles. The molecule has 0 bridgehead atoms. The van der Waals surface area contributed by atoms with Gasteiger partial charge in [0.25, 0.3) is 5.91 Å². The first-order chi connectivity index (χ1) is 16.6. The molecule has 1 aromatic rings. The second-order valence-electron chi connectivity index (χ2n) is 9.58. The third-order valence-electron chi connectivity index (χ3n) is 4.55. The second kappa shape index (κ2) is 11.6. The van der Waals surface area contributed by atoms with Gasteiger partial charge in [-0.2, -0.15) is 0 Å². The lowest BCUT2D eigenvalue weighted by atomic mass is 9.98. The molecule has 0 radical (unpaired) electrons. The Kier molecular flexibility index (Phi) is 9.34. The molecule has 2 rings (SSSR count). The number of aromatic nitrogens is 1. The number of aliphatic carboxylic acids is 1. The van der Waals surface area contributed by atoms with Crippen LogP contribution in [0, 0.1) is 0 Å². The van der Waals surface area contributed by atoms with Gasteiger partial charge in [0.2, 0.25) is 11.5 Å². The average Bonchev–Trinajstić information content (AvgIpc) is 3.17. The normalized spacial score (nSPS) is 19.0. The van der Waals surface area contributed by atoms with E-state index in [1.807, 2.05) is 0 Å². The molecular formula is C21H32N6O8S. The lowest BCUT2D eigenvalue weighted by Gasteiger charge is -2.37. The van der Waals surface area contributed by atoms with Crippen LogP contribution in [0.4, 0.5) is 9.93 Å². The summed E-state index contributed by atoms with van der Waals surface area (Å²) in [6.45, 7) is 9.76. The summed E-state index contributed by atoms with van der Waals surface area (Å²) in [6.07, 6.45) is -1.34. The Bertz CT molecular complexity index is 1020. The number of hydrogen-bond acceptors (Lipinski definition) is 11. The third-order valence-corrected chi connectivity index (χ3v) is 5.31. The molecule has 14 nitrogen and oxygen atoms in total. The SMILES string of the molecule is CC(O)CNC[C@H]1NC(=O)[C@H]1NC(=O)C(=NOC(C)(C)C(=O)O)c1csc(NC(=O)OC(C)(C)C)n1. The van der Waals surface area contributed by atoms with Crippen molar-refractivity contribution in [2.24, 2.45) is 5.16 Å². The molecule has 1 aliphatic rings. The summed E-state index contributed by atoms with van der Waals surface area (Å²) in [5.41, 5.74) is -2.92. The van der Waals surface area contributed by atoms with Crippen molar-refractivity contribution in [2.75, 3.05) is 18.4 Å². The Morgan fingerprint density at radius 1 is 1.28 bits per heavy atom. The van der Waals surface area contributed by atoms with E-state index in [0.717, 1.165) is 11.3 Å². The molecule has 1 unspecified atom stereocenters. The van der Waals surface area contributed by atoms with Crippen LogP contribution in [-0.4, -0.2) is 87.3 Å². The predicted molar refractivity (Wildman–Crippen MR) is 130 cm³/mol. The number of nitrogens with one attached hydrogen (secondary N) is 4. The molecule has 6 N–H and O–H groups in total. The summed E-state index contributed by atoms with van der Waals surface area (Å²) in [7, 11) is 0. The summed E-state index contributed by atoms with van der Waals surface area (Å²) in [4.78, 5) is 57.8. The van der Waals surface area contributed by atoms with E-state index in [2.05, 4.69) is 31.4 Å². The highest BCUT2D eigenvalue weighted by molar-refractivity contribution is 7.14. The van der Waals surface area contributed by atoms with Gasteiger partial charge < -0.3 is 35.7 Å². The van der Waals surface area contributed by atoms with Crippen LogP contribution in [0.1, 0.15) is 47.2 Å². The first kappa shape index (κ1) is 28.9. The summed E-state index contributed by atoms with van der Waals surface area (Å²) < 4.78 is 5.17. The zero-order valence-electron chi connectivity index (χ0n) is 20.9. The van der Waals surface area contributed by atoms with Gasteiger partial charge in [-0.3, -0.25) is 14.9 Å². The van der Waals surface area contributed by atoms with E-state index in [9.17, 15) is 29.4 Å². The highest BCUT2D eigenvalue weighted by Crippen LogP contribution is 2.19. The van der Waals surface area contributed by atoms with Crippen LogP contribution in [-0.2, 0) is 24.0 Å². The molecule has 1 saturated heterocycles.